The number of benzene rings is 1. The van der Waals surface area contributed by atoms with Gasteiger partial charge in [-0.25, -0.2) is 4.98 Å². The number of pyridine rings is 1. The molecule has 32 heavy (non-hydrogen) atoms. The summed E-state index contributed by atoms with van der Waals surface area (Å²) in [5, 5.41) is 4.37. The maximum atomic E-state index is 6.02. The molecule has 1 aliphatic rings. The van der Waals surface area contributed by atoms with Crippen LogP contribution in [0.15, 0.2) is 47.7 Å². The van der Waals surface area contributed by atoms with Crippen molar-refractivity contribution in [1.82, 2.24) is 14.5 Å². The van der Waals surface area contributed by atoms with Crippen LogP contribution in [0, 0.1) is 13.8 Å². The highest BCUT2D eigenvalue weighted by Gasteiger charge is 2.14. The maximum absolute atomic E-state index is 6.02. The summed E-state index contributed by atoms with van der Waals surface area (Å²) in [6.07, 6.45) is 4.44. The van der Waals surface area contributed by atoms with Gasteiger partial charge >= 0.3 is 0 Å². The molecule has 2 aromatic heterocycles. The molecule has 0 aliphatic carbocycles. The second-order valence-corrected chi connectivity index (χ2v) is 7.89. The summed E-state index contributed by atoms with van der Waals surface area (Å²) in [7, 11) is 2.02. The van der Waals surface area contributed by atoms with Gasteiger partial charge < -0.3 is 18.9 Å². The number of aryl methyl sites for hydroxylation is 2. The topological polar surface area (TPSA) is 76.8 Å². The Hall–Kier alpha value is -3.39. The third-order valence-corrected chi connectivity index (χ3v) is 5.52. The summed E-state index contributed by atoms with van der Waals surface area (Å²) in [5.74, 6) is 2.20. The molecule has 8 nitrogen and oxygen atoms in total. The lowest BCUT2D eigenvalue weighted by Crippen LogP contribution is -2.36. The van der Waals surface area contributed by atoms with Crippen LogP contribution in [0.3, 0.4) is 0 Å². The van der Waals surface area contributed by atoms with Crippen LogP contribution in [-0.4, -0.2) is 53.7 Å². The lowest BCUT2D eigenvalue weighted by molar-refractivity contribution is 0.122. The molecule has 0 radical (unpaired) electrons. The summed E-state index contributed by atoms with van der Waals surface area (Å²) < 4.78 is 13.6. The van der Waals surface area contributed by atoms with Crippen LogP contribution in [0.25, 0.3) is 0 Å². The summed E-state index contributed by atoms with van der Waals surface area (Å²) in [5.41, 5.74) is 7.46. The first-order valence-electron chi connectivity index (χ1n) is 10.9. The molecule has 3 heterocycles. The average Bonchev–Trinajstić information content (AvgIpc) is 3.12. The van der Waals surface area contributed by atoms with Gasteiger partial charge in [0.25, 0.3) is 0 Å². The first kappa shape index (κ1) is 21.8. The van der Waals surface area contributed by atoms with Crippen molar-refractivity contribution in [3.8, 4) is 5.88 Å². The van der Waals surface area contributed by atoms with Crippen molar-refractivity contribution < 1.29 is 9.47 Å². The minimum Gasteiger partial charge on any atom is -0.477 e. The van der Waals surface area contributed by atoms with Gasteiger partial charge in [0.2, 0.25) is 5.88 Å². The van der Waals surface area contributed by atoms with E-state index in [0.29, 0.717) is 31.5 Å². The monoisotopic (exact) mass is 434 g/mol. The van der Waals surface area contributed by atoms with Crippen LogP contribution in [0.1, 0.15) is 22.6 Å². The van der Waals surface area contributed by atoms with Crippen LogP contribution in [0.2, 0.25) is 0 Å². The summed E-state index contributed by atoms with van der Waals surface area (Å²) in [4.78, 5) is 11.2. The minimum atomic E-state index is 0.518. The van der Waals surface area contributed by atoms with Gasteiger partial charge in [-0.1, -0.05) is 29.8 Å². The van der Waals surface area contributed by atoms with Crippen LogP contribution in [-0.2, 0) is 18.2 Å². The smallest absolute Gasteiger partial charge is 0.217 e. The van der Waals surface area contributed by atoms with Gasteiger partial charge in [-0.15, -0.1) is 0 Å². The van der Waals surface area contributed by atoms with Crippen molar-refractivity contribution in [2.24, 2.45) is 12.1 Å². The van der Waals surface area contributed by atoms with Crippen molar-refractivity contribution in [3.63, 3.8) is 0 Å². The molecule has 4 rings (SSSR count). The zero-order valence-corrected chi connectivity index (χ0v) is 18.9. The van der Waals surface area contributed by atoms with Crippen LogP contribution >= 0.6 is 0 Å². The zero-order valence-electron chi connectivity index (χ0n) is 18.9. The lowest BCUT2D eigenvalue weighted by atomic mass is 10.2. The fraction of sp³-hybridized carbons (Fsp3) is 0.375. The standard InChI is InChI=1S/C24H30N6O2/c1-18-5-4-6-20(13-18)16-26-28-23-14-22(30-8-11-31-12-9-30)15-24(27-23)32-10-7-21-17-25-19(2)29(21)3/h4-6,13-17H,7-12H2,1-3H3,(H,27,28). The Bertz CT molecular complexity index is 1070. The molecule has 1 aromatic carbocycles. The minimum absolute atomic E-state index is 0.518. The Balaban J connectivity index is 1.47. The Morgan fingerprint density at radius 1 is 1.19 bits per heavy atom. The zero-order chi connectivity index (χ0) is 22.3. The fourth-order valence-corrected chi connectivity index (χ4v) is 3.59. The first-order valence-corrected chi connectivity index (χ1v) is 10.9. The number of ether oxygens (including phenoxy) is 2. The van der Waals surface area contributed by atoms with E-state index in [1.165, 1.54) is 5.56 Å². The Kier molecular flexibility index (Phi) is 7.01. The van der Waals surface area contributed by atoms with E-state index in [4.69, 9.17) is 9.47 Å². The van der Waals surface area contributed by atoms with Gasteiger partial charge in [0.15, 0.2) is 5.82 Å². The predicted molar refractivity (Wildman–Crippen MR) is 127 cm³/mol. The molecule has 1 aliphatic heterocycles. The molecule has 0 saturated carbocycles. The van der Waals surface area contributed by atoms with Gasteiger partial charge in [0.1, 0.15) is 5.82 Å². The van der Waals surface area contributed by atoms with Gasteiger partial charge in [0.05, 0.1) is 26.0 Å². The Labute approximate surface area is 188 Å². The van der Waals surface area contributed by atoms with Crippen molar-refractivity contribution in [1.29, 1.82) is 0 Å². The molecular weight excluding hydrogens is 404 g/mol. The molecule has 0 spiro atoms. The Morgan fingerprint density at radius 2 is 2.03 bits per heavy atom. The van der Waals surface area contributed by atoms with Crippen LogP contribution in [0.5, 0.6) is 5.88 Å². The lowest BCUT2D eigenvalue weighted by Gasteiger charge is -2.29. The van der Waals surface area contributed by atoms with E-state index >= 15 is 0 Å². The Morgan fingerprint density at radius 3 is 2.78 bits per heavy atom. The van der Waals surface area contributed by atoms with E-state index in [1.54, 1.807) is 6.21 Å². The van der Waals surface area contributed by atoms with E-state index in [0.717, 1.165) is 42.3 Å². The van der Waals surface area contributed by atoms with Gasteiger partial charge in [-0.05, 0) is 19.4 Å². The molecule has 3 aromatic rings. The van der Waals surface area contributed by atoms with Gasteiger partial charge in [0, 0.05) is 56.3 Å². The van der Waals surface area contributed by atoms with E-state index in [1.807, 2.05) is 44.4 Å². The second kappa shape index (κ2) is 10.3. The van der Waals surface area contributed by atoms with Crippen molar-refractivity contribution in [2.75, 3.05) is 43.2 Å². The first-order chi connectivity index (χ1) is 15.6. The number of morpholine rings is 1. The number of aromatic nitrogens is 3. The third-order valence-electron chi connectivity index (χ3n) is 5.52. The molecule has 0 atom stereocenters. The number of nitrogens with one attached hydrogen (secondary N) is 1. The second-order valence-electron chi connectivity index (χ2n) is 7.89. The molecular formula is C24H30N6O2. The number of anilines is 2. The summed E-state index contributed by atoms with van der Waals surface area (Å²) >= 11 is 0. The van der Waals surface area contributed by atoms with Gasteiger partial charge in [-0.2, -0.15) is 10.1 Å². The number of hydrogen-bond acceptors (Lipinski definition) is 7. The molecule has 1 fully saturated rings. The summed E-state index contributed by atoms with van der Waals surface area (Å²) in [6, 6.07) is 12.2. The molecule has 0 bridgehead atoms. The number of rotatable bonds is 8. The summed E-state index contributed by atoms with van der Waals surface area (Å²) in [6.45, 7) is 7.68. The number of nitrogens with zero attached hydrogens (tertiary/aromatic N) is 5. The quantitative estimate of drug-likeness (QED) is 0.433. The SMILES string of the molecule is Cc1cccc(C=NNc2cc(N3CCOCC3)cc(OCCc3cnc(C)n3C)n2)c1. The van der Waals surface area contributed by atoms with E-state index in [9.17, 15) is 0 Å². The third kappa shape index (κ3) is 5.64. The highest BCUT2D eigenvalue weighted by Crippen LogP contribution is 2.25. The van der Waals surface area contributed by atoms with E-state index < -0.39 is 0 Å². The maximum Gasteiger partial charge on any atom is 0.217 e. The van der Waals surface area contributed by atoms with E-state index in [-0.39, 0.29) is 0 Å². The fourth-order valence-electron chi connectivity index (χ4n) is 3.59. The average molecular weight is 435 g/mol. The largest absolute Gasteiger partial charge is 0.477 e. The molecule has 8 heteroatoms. The number of imidazole rings is 1. The molecule has 1 N–H and O–H groups in total. The predicted octanol–water partition coefficient (Wildman–Crippen LogP) is 3.34. The van der Waals surface area contributed by atoms with Crippen molar-refractivity contribution >= 4 is 17.7 Å². The van der Waals surface area contributed by atoms with Crippen molar-refractivity contribution in [2.45, 2.75) is 20.3 Å². The van der Waals surface area contributed by atoms with Crippen LogP contribution in [0.4, 0.5) is 11.5 Å². The highest BCUT2D eigenvalue weighted by molar-refractivity contribution is 5.80. The highest BCUT2D eigenvalue weighted by atomic mass is 16.5. The van der Waals surface area contributed by atoms with Crippen molar-refractivity contribution in [3.05, 3.63) is 65.2 Å². The molecule has 1 saturated heterocycles. The van der Waals surface area contributed by atoms with E-state index in [2.05, 4.69) is 49.0 Å². The number of hydrogen-bond donors (Lipinski definition) is 1. The van der Waals surface area contributed by atoms with Gasteiger partial charge in [-0.3, -0.25) is 5.43 Å². The normalized spacial score (nSPS) is 14.2. The molecule has 0 unspecified atom stereocenters. The van der Waals surface area contributed by atoms with Crippen LogP contribution < -0.4 is 15.1 Å². The number of hydrazone groups is 1. The molecule has 0 amide bonds. The molecule has 168 valence electrons.